The van der Waals surface area contributed by atoms with E-state index in [1.54, 1.807) is 31.6 Å². The zero-order valence-electron chi connectivity index (χ0n) is 7.73. The van der Waals surface area contributed by atoms with E-state index in [4.69, 9.17) is 4.84 Å². The van der Waals surface area contributed by atoms with Gasteiger partial charge in [-0.1, -0.05) is 0 Å². The molecular formula is C9H12N2O2. The van der Waals surface area contributed by atoms with Crippen LogP contribution in [0.3, 0.4) is 0 Å². The molecule has 13 heavy (non-hydrogen) atoms. The maximum Gasteiger partial charge on any atom is 0.250 e. The average molecular weight is 180 g/mol. The Balaban J connectivity index is 2.55. The molecule has 0 atom stereocenters. The van der Waals surface area contributed by atoms with Crippen molar-refractivity contribution in [3.8, 4) is 0 Å². The van der Waals surface area contributed by atoms with Gasteiger partial charge in [0.2, 0.25) is 5.91 Å². The Bertz CT molecular complexity index is 274. The molecule has 70 valence electrons. The topological polar surface area (TPSA) is 42.4 Å². The molecule has 4 heteroatoms. The van der Waals surface area contributed by atoms with Gasteiger partial charge >= 0.3 is 0 Å². The third-order valence-electron chi connectivity index (χ3n) is 1.73. The number of hydroxylamine groups is 2. The van der Waals surface area contributed by atoms with Crippen LogP contribution in [0.15, 0.2) is 24.5 Å². The third kappa shape index (κ3) is 2.83. The molecular weight excluding hydrogens is 168 g/mol. The van der Waals surface area contributed by atoms with Crippen molar-refractivity contribution in [2.75, 3.05) is 14.2 Å². The molecule has 0 aromatic carbocycles. The quantitative estimate of drug-likeness (QED) is 0.641. The van der Waals surface area contributed by atoms with Crippen molar-refractivity contribution in [2.45, 2.75) is 6.42 Å². The molecule has 0 radical (unpaired) electrons. The summed E-state index contributed by atoms with van der Waals surface area (Å²) in [6.45, 7) is 0. The Hall–Kier alpha value is -1.42. The number of amides is 1. The standard InChI is InChI=1S/C9H12N2O2/c1-11(13-2)9(12)7-8-3-5-10-6-4-8/h3-6H,7H2,1-2H3. The van der Waals surface area contributed by atoms with Crippen LogP contribution in [-0.4, -0.2) is 30.1 Å². The number of nitrogens with zero attached hydrogens (tertiary/aromatic N) is 2. The van der Waals surface area contributed by atoms with Gasteiger partial charge < -0.3 is 0 Å². The van der Waals surface area contributed by atoms with Crippen molar-refractivity contribution < 1.29 is 9.63 Å². The van der Waals surface area contributed by atoms with Crippen LogP contribution in [0.1, 0.15) is 5.56 Å². The smallest absolute Gasteiger partial charge is 0.250 e. The highest BCUT2D eigenvalue weighted by Gasteiger charge is 2.07. The molecule has 1 amide bonds. The lowest BCUT2D eigenvalue weighted by atomic mass is 10.2. The minimum atomic E-state index is -0.0753. The predicted octanol–water partition coefficient (Wildman–Crippen LogP) is 0.644. The van der Waals surface area contributed by atoms with Crippen molar-refractivity contribution in [1.82, 2.24) is 10.0 Å². The van der Waals surface area contributed by atoms with Crippen LogP contribution in [0.25, 0.3) is 0 Å². The first-order chi connectivity index (χ1) is 6.24. The van der Waals surface area contributed by atoms with Crippen molar-refractivity contribution in [1.29, 1.82) is 0 Å². The molecule has 4 nitrogen and oxygen atoms in total. The molecule has 0 saturated heterocycles. The first kappa shape index (κ1) is 9.67. The van der Waals surface area contributed by atoms with Gasteiger partial charge in [-0.15, -0.1) is 0 Å². The summed E-state index contributed by atoms with van der Waals surface area (Å²) in [5, 5.41) is 1.21. The molecule has 0 aliphatic heterocycles. The van der Waals surface area contributed by atoms with Crippen LogP contribution in [-0.2, 0) is 16.1 Å². The normalized spacial score (nSPS) is 9.69. The number of likely N-dealkylation sites (N-methyl/N-ethyl adjacent to an activating group) is 1. The molecule has 0 fully saturated rings. The van der Waals surface area contributed by atoms with Crippen molar-refractivity contribution in [3.63, 3.8) is 0 Å². The van der Waals surface area contributed by atoms with E-state index in [0.29, 0.717) is 6.42 Å². The molecule has 0 N–H and O–H groups in total. The summed E-state index contributed by atoms with van der Waals surface area (Å²) in [5.74, 6) is -0.0753. The van der Waals surface area contributed by atoms with Crippen molar-refractivity contribution >= 4 is 5.91 Å². The SMILES string of the molecule is CON(C)C(=O)Cc1ccncc1. The van der Waals surface area contributed by atoms with E-state index in [9.17, 15) is 4.79 Å². The second kappa shape index (κ2) is 4.57. The fourth-order valence-electron chi connectivity index (χ4n) is 0.888. The molecule has 1 rings (SSSR count). The van der Waals surface area contributed by atoms with E-state index in [1.165, 1.54) is 12.2 Å². The molecule has 0 spiro atoms. The van der Waals surface area contributed by atoms with E-state index in [0.717, 1.165) is 5.56 Å². The van der Waals surface area contributed by atoms with Gasteiger partial charge in [-0.3, -0.25) is 14.6 Å². The van der Waals surface area contributed by atoms with Crippen LogP contribution in [0.2, 0.25) is 0 Å². The second-order valence-electron chi connectivity index (χ2n) is 2.61. The molecule has 0 aliphatic rings. The molecule has 1 heterocycles. The van der Waals surface area contributed by atoms with Gasteiger partial charge in [0.1, 0.15) is 0 Å². The average Bonchev–Trinajstić information content (AvgIpc) is 2.18. The predicted molar refractivity (Wildman–Crippen MR) is 47.7 cm³/mol. The molecule has 0 unspecified atom stereocenters. The van der Waals surface area contributed by atoms with E-state index in [2.05, 4.69) is 4.98 Å². The van der Waals surface area contributed by atoms with Crippen LogP contribution >= 0.6 is 0 Å². The highest BCUT2D eigenvalue weighted by molar-refractivity contribution is 5.77. The van der Waals surface area contributed by atoms with Crippen LogP contribution in [0.5, 0.6) is 0 Å². The van der Waals surface area contributed by atoms with Gasteiger partial charge in [-0.25, -0.2) is 5.06 Å². The molecule has 0 saturated carbocycles. The Morgan fingerprint density at radius 2 is 2.15 bits per heavy atom. The van der Waals surface area contributed by atoms with E-state index in [1.807, 2.05) is 0 Å². The number of carbonyl (C=O) groups excluding carboxylic acids is 1. The van der Waals surface area contributed by atoms with E-state index >= 15 is 0 Å². The number of aromatic nitrogens is 1. The van der Waals surface area contributed by atoms with Gasteiger partial charge in [-0.05, 0) is 17.7 Å². The number of rotatable bonds is 3. The lowest BCUT2D eigenvalue weighted by Gasteiger charge is -2.12. The van der Waals surface area contributed by atoms with Gasteiger partial charge in [0.15, 0.2) is 0 Å². The highest BCUT2D eigenvalue weighted by Crippen LogP contribution is 1.99. The van der Waals surface area contributed by atoms with Crippen molar-refractivity contribution in [3.05, 3.63) is 30.1 Å². The minimum Gasteiger partial charge on any atom is -0.275 e. The van der Waals surface area contributed by atoms with Crippen LogP contribution in [0, 0.1) is 0 Å². The summed E-state index contributed by atoms with van der Waals surface area (Å²) in [5.41, 5.74) is 0.934. The number of hydrogen-bond acceptors (Lipinski definition) is 3. The zero-order chi connectivity index (χ0) is 9.68. The summed E-state index contributed by atoms with van der Waals surface area (Å²) < 4.78 is 0. The lowest BCUT2D eigenvalue weighted by Crippen LogP contribution is -2.26. The largest absolute Gasteiger partial charge is 0.275 e. The Labute approximate surface area is 77.1 Å². The zero-order valence-corrected chi connectivity index (χ0v) is 7.73. The number of carbonyl (C=O) groups is 1. The van der Waals surface area contributed by atoms with Gasteiger partial charge in [-0.2, -0.15) is 0 Å². The summed E-state index contributed by atoms with van der Waals surface area (Å²) in [4.78, 5) is 19.9. The summed E-state index contributed by atoms with van der Waals surface area (Å²) in [6.07, 6.45) is 3.66. The maximum absolute atomic E-state index is 11.3. The molecule has 0 aliphatic carbocycles. The Morgan fingerprint density at radius 1 is 1.54 bits per heavy atom. The summed E-state index contributed by atoms with van der Waals surface area (Å²) in [7, 11) is 3.05. The number of pyridine rings is 1. The summed E-state index contributed by atoms with van der Waals surface area (Å²) >= 11 is 0. The van der Waals surface area contributed by atoms with Gasteiger partial charge in [0, 0.05) is 19.4 Å². The van der Waals surface area contributed by atoms with Crippen LogP contribution in [0.4, 0.5) is 0 Å². The Kier molecular flexibility index (Phi) is 3.40. The first-order valence-corrected chi connectivity index (χ1v) is 3.93. The van der Waals surface area contributed by atoms with Crippen molar-refractivity contribution in [2.24, 2.45) is 0 Å². The molecule has 1 aromatic heterocycles. The van der Waals surface area contributed by atoms with Crippen LogP contribution < -0.4 is 0 Å². The summed E-state index contributed by atoms with van der Waals surface area (Å²) in [6, 6.07) is 3.61. The van der Waals surface area contributed by atoms with Gasteiger partial charge in [0.25, 0.3) is 0 Å². The van der Waals surface area contributed by atoms with E-state index < -0.39 is 0 Å². The third-order valence-corrected chi connectivity index (χ3v) is 1.73. The van der Waals surface area contributed by atoms with Gasteiger partial charge in [0.05, 0.1) is 13.5 Å². The Morgan fingerprint density at radius 3 is 2.69 bits per heavy atom. The lowest BCUT2D eigenvalue weighted by molar-refractivity contribution is -0.167. The monoisotopic (exact) mass is 180 g/mol. The molecule has 1 aromatic rings. The molecule has 0 bridgehead atoms. The fourth-order valence-corrected chi connectivity index (χ4v) is 0.888. The maximum atomic E-state index is 11.3. The second-order valence-corrected chi connectivity index (χ2v) is 2.61. The highest BCUT2D eigenvalue weighted by atomic mass is 16.7. The number of hydrogen-bond donors (Lipinski definition) is 0. The minimum absolute atomic E-state index is 0.0753. The van der Waals surface area contributed by atoms with E-state index in [-0.39, 0.29) is 5.91 Å². The fraction of sp³-hybridized carbons (Fsp3) is 0.333. The first-order valence-electron chi connectivity index (χ1n) is 3.93.